The van der Waals surface area contributed by atoms with Crippen molar-refractivity contribution in [2.45, 2.75) is 24.7 Å². The summed E-state index contributed by atoms with van der Waals surface area (Å²) < 4.78 is 37.8. The Morgan fingerprint density at radius 3 is 2.41 bits per heavy atom. The second kappa shape index (κ2) is 11.0. The number of nitrogens with one attached hydrogen (secondary N) is 3. The quantitative estimate of drug-likeness (QED) is 0.384. The number of ether oxygens (including phenoxy) is 2. The predicted molar refractivity (Wildman–Crippen MR) is 130 cm³/mol. The smallest absolute Gasteiger partial charge is 0.263 e. The number of aromatic nitrogens is 1. The maximum atomic E-state index is 12.5. The molecule has 0 unspecified atom stereocenters. The van der Waals surface area contributed by atoms with Gasteiger partial charge in [-0.2, -0.15) is 0 Å². The molecule has 0 spiro atoms. The highest BCUT2D eigenvalue weighted by Gasteiger charge is 2.17. The molecule has 0 atom stereocenters. The second-order valence-electron chi connectivity index (χ2n) is 7.07. The van der Waals surface area contributed by atoms with Crippen LogP contribution in [0.15, 0.2) is 52.7 Å². The average Bonchev–Trinajstić information content (AvgIpc) is 3.24. The Bertz CT molecular complexity index is 1270. The number of carbonyl (C=O) groups is 2. The minimum atomic E-state index is -3.80. The molecule has 3 aromatic rings. The number of methoxy groups -OCH3 is 2. The number of sulfonamides is 1. The lowest BCUT2D eigenvalue weighted by Crippen LogP contribution is -2.14. The largest absolute Gasteiger partial charge is 0.497 e. The fraction of sp³-hybridized carbons (Fsp3) is 0.227. The molecule has 180 valence electrons. The number of hydrogen-bond acceptors (Lipinski definition) is 8. The Morgan fingerprint density at radius 2 is 1.76 bits per heavy atom. The van der Waals surface area contributed by atoms with Gasteiger partial charge in [-0.05, 0) is 48.9 Å². The molecule has 0 fully saturated rings. The lowest BCUT2D eigenvalue weighted by Gasteiger charge is -2.12. The first kappa shape index (κ1) is 25.0. The van der Waals surface area contributed by atoms with Crippen LogP contribution in [0.5, 0.6) is 11.5 Å². The fourth-order valence-corrected chi connectivity index (χ4v) is 4.94. The first-order chi connectivity index (χ1) is 16.2. The van der Waals surface area contributed by atoms with E-state index in [9.17, 15) is 18.0 Å². The van der Waals surface area contributed by atoms with Crippen molar-refractivity contribution in [1.82, 2.24) is 4.98 Å². The van der Waals surface area contributed by atoms with Crippen molar-refractivity contribution in [2.24, 2.45) is 0 Å². The summed E-state index contributed by atoms with van der Waals surface area (Å²) in [6.07, 6.45) is 0.419. The van der Waals surface area contributed by atoms with Gasteiger partial charge in [0, 0.05) is 24.4 Å². The lowest BCUT2D eigenvalue weighted by molar-refractivity contribution is -0.116. The molecule has 0 saturated heterocycles. The van der Waals surface area contributed by atoms with Gasteiger partial charge >= 0.3 is 0 Å². The number of amides is 2. The summed E-state index contributed by atoms with van der Waals surface area (Å²) in [6, 6.07) is 10.9. The average molecular weight is 505 g/mol. The van der Waals surface area contributed by atoms with Crippen LogP contribution < -0.4 is 24.8 Å². The molecule has 1 heterocycles. The highest BCUT2D eigenvalue weighted by atomic mass is 32.2. The molecule has 0 saturated carbocycles. The molecule has 1 aromatic heterocycles. The predicted octanol–water partition coefficient (Wildman–Crippen LogP) is 3.49. The van der Waals surface area contributed by atoms with Crippen LogP contribution in [0, 0.1) is 0 Å². The van der Waals surface area contributed by atoms with Crippen molar-refractivity contribution >= 4 is 49.7 Å². The van der Waals surface area contributed by atoms with Crippen LogP contribution in [0.4, 0.5) is 16.5 Å². The summed E-state index contributed by atoms with van der Waals surface area (Å²) in [7, 11) is -0.821. The number of nitrogens with zero attached hydrogens (tertiary/aromatic N) is 1. The van der Waals surface area contributed by atoms with Crippen LogP contribution in [-0.4, -0.2) is 39.4 Å². The van der Waals surface area contributed by atoms with Gasteiger partial charge in [0.05, 0.1) is 30.5 Å². The third-order valence-electron chi connectivity index (χ3n) is 4.55. The van der Waals surface area contributed by atoms with Gasteiger partial charge < -0.3 is 20.1 Å². The van der Waals surface area contributed by atoms with Crippen LogP contribution in [-0.2, 0) is 26.0 Å². The number of anilines is 3. The van der Waals surface area contributed by atoms with E-state index in [1.54, 1.807) is 35.7 Å². The summed E-state index contributed by atoms with van der Waals surface area (Å²) in [6.45, 7) is 1.39. The van der Waals surface area contributed by atoms with E-state index in [0.29, 0.717) is 35.0 Å². The van der Waals surface area contributed by atoms with Gasteiger partial charge in [-0.25, -0.2) is 13.4 Å². The molecule has 2 aromatic carbocycles. The molecule has 3 rings (SSSR count). The summed E-state index contributed by atoms with van der Waals surface area (Å²) in [5.74, 6) is 0.482. The van der Waals surface area contributed by atoms with Gasteiger partial charge in [-0.15, -0.1) is 11.3 Å². The van der Waals surface area contributed by atoms with Crippen molar-refractivity contribution < 1.29 is 27.5 Å². The van der Waals surface area contributed by atoms with E-state index in [-0.39, 0.29) is 28.3 Å². The Kier molecular flexibility index (Phi) is 8.08. The fourth-order valence-electron chi connectivity index (χ4n) is 2.94. The highest BCUT2D eigenvalue weighted by molar-refractivity contribution is 7.93. The molecule has 2 amide bonds. The summed E-state index contributed by atoms with van der Waals surface area (Å²) in [5.41, 5.74) is 1.52. The maximum absolute atomic E-state index is 12.5. The normalized spacial score (nSPS) is 10.9. The molecule has 12 heteroatoms. The third kappa shape index (κ3) is 6.68. The van der Waals surface area contributed by atoms with Gasteiger partial charge in [0.2, 0.25) is 11.8 Å². The van der Waals surface area contributed by atoms with Crippen molar-refractivity contribution in [1.29, 1.82) is 0 Å². The summed E-state index contributed by atoms with van der Waals surface area (Å²) >= 11 is 1.13. The summed E-state index contributed by atoms with van der Waals surface area (Å²) in [4.78, 5) is 28.1. The molecular formula is C22H24N4O6S2. The van der Waals surface area contributed by atoms with Gasteiger partial charge in [-0.3, -0.25) is 14.3 Å². The molecule has 10 nitrogen and oxygen atoms in total. The Morgan fingerprint density at radius 1 is 1.03 bits per heavy atom. The highest BCUT2D eigenvalue weighted by Crippen LogP contribution is 2.28. The zero-order chi connectivity index (χ0) is 24.7. The molecule has 0 aliphatic heterocycles. The molecule has 0 aliphatic carbocycles. The van der Waals surface area contributed by atoms with E-state index in [1.165, 1.54) is 33.3 Å². The number of aryl methyl sites for hydroxylation is 1. The van der Waals surface area contributed by atoms with Crippen LogP contribution in [0.3, 0.4) is 0 Å². The number of hydrogen-bond donors (Lipinski definition) is 3. The zero-order valence-corrected chi connectivity index (χ0v) is 20.4. The topological polar surface area (TPSA) is 136 Å². The summed E-state index contributed by atoms with van der Waals surface area (Å²) in [5, 5.41) is 7.31. The van der Waals surface area contributed by atoms with Crippen molar-refractivity contribution in [3.05, 3.63) is 53.5 Å². The number of rotatable bonds is 10. The van der Waals surface area contributed by atoms with Gasteiger partial charge in [0.1, 0.15) is 11.5 Å². The van der Waals surface area contributed by atoms with Gasteiger partial charge in [0.15, 0.2) is 5.13 Å². The molecule has 0 radical (unpaired) electrons. The van der Waals surface area contributed by atoms with Crippen LogP contribution in [0.2, 0.25) is 0 Å². The van der Waals surface area contributed by atoms with Crippen molar-refractivity contribution in [3.8, 4) is 11.5 Å². The van der Waals surface area contributed by atoms with Gasteiger partial charge in [-0.1, -0.05) is 0 Å². The van der Waals surface area contributed by atoms with E-state index < -0.39 is 10.0 Å². The van der Waals surface area contributed by atoms with E-state index >= 15 is 0 Å². The van der Waals surface area contributed by atoms with E-state index in [2.05, 4.69) is 20.3 Å². The first-order valence-electron chi connectivity index (χ1n) is 10.1. The minimum Gasteiger partial charge on any atom is -0.497 e. The number of benzene rings is 2. The minimum absolute atomic E-state index is 0.0832. The van der Waals surface area contributed by atoms with Crippen LogP contribution in [0.1, 0.15) is 19.0 Å². The molecule has 0 aliphatic rings. The zero-order valence-electron chi connectivity index (χ0n) is 18.7. The van der Waals surface area contributed by atoms with E-state index in [1.807, 2.05) is 0 Å². The second-order valence-corrected chi connectivity index (χ2v) is 9.61. The van der Waals surface area contributed by atoms with Crippen LogP contribution in [0.25, 0.3) is 0 Å². The Labute approximate surface area is 201 Å². The first-order valence-corrected chi connectivity index (χ1v) is 12.4. The number of thiazole rings is 1. The molecule has 34 heavy (non-hydrogen) atoms. The van der Waals surface area contributed by atoms with Crippen LogP contribution >= 0.6 is 11.3 Å². The molecular weight excluding hydrogens is 480 g/mol. The monoisotopic (exact) mass is 504 g/mol. The van der Waals surface area contributed by atoms with Gasteiger partial charge in [0.25, 0.3) is 10.0 Å². The molecule has 0 bridgehead atoms. The SMILES string of the molecule is COc1ccc(S(=O)(=O)Nc2nc(CCC(=O)Nc3cc(NC(C)=O)ccc3OC)cs2)cc1. The number of carbonyl (C=O) groups excluding carboxylic acids is 2. The Balaban J connectivity index is 1.59. The van der Waals surface area contributed by atoms with Crippen molar-refractivity contribution in [3.63, 3.8) is 0 Å². The maximum Gasteiger partial charge on any atom is 0.263 e. The van der Waals surface area contributed by atoms with E-state index in [4.69, 9.17) is 9.47 Å². The van der Waals surface area contributed by atoms with Crippen molar-refractivity contribution in [2.75, 3.05) is 29.6 Å². The molecule has 3 N–H and O–H groups in total. The third-order valence-corrected chi connectivity index (χ3v) is 6.84. The standard InChI is InChI=1S/C22H24N4O6S2/c1-14(27)23-15-4-10-20(32-3)19(12-15)25-21(28)11-5-16-13-33-22(24-16)26-34(29,30)18-8-6-17(31-2)7-9-18/h4,6-10,12-13H,5,11H2,1-3H3,(H,23,27)(H,24,26)(H,25,28). The lowest BCUT2D eigenvalue weighted by atomic mass is 10.2. The Hall–Kier alpha value is -3.64. The van der Waals surface area contributed by atoms with E-state index in [0.717, 1.165) is 11.3 Å².